The van der Waals surface area contributed by atoms with Crippen molar-refractivity contribution in [2.45, 2.75) is 37.9 Å². The first-order chi connectivity index (χ1) is 16.0. The molecule has 10 nitrogen and oxygen atoms in total. The van der Waals surface area contributed by atoms with E-state index >= 15 is 0 Å². The second-order valence-electron chi connectivity index (χ2n) is 8.91. The summed E-state index contributed by atoms with van der Waals surface area (Å²) in [5, 5.41) is 10.9. The normalized spacial score (nSPS) is 20.1. The Morgan fingerprint density at radius 3 is 3.03 bits per heavy atom. The number of ether oxygens (including phenoxy) is 2. The third-order valence-corrected chi connectivity index (χ3v) is 5.96. The van der Waals surface area contributed by atoms with Crippen LogP contribution in [0.1, 0.15) is 26.2 Å². The average Bonchev–Trinajstić information content (AvgIpc) is 3.36. The lowest BCUT2D eigenvalue weighted by molar-refractivity contribution is 0.0195. The maximum absolute atomic E-state index is 12.4. The molecule has 4 heterocycles. The topological polar surface area (TPSA) is 106 Å². The minimum absolute atomic E-state index is 0.252. The molecule has 33 heavy (non-hydrogen) atoms. The highest BCUT2D eigenvalue weighted by atomic mass is 16.6. The zero-order valence-electron chi connectivity index (χ0n) is 19.0. The molecule has 2 N–H and O–H groups in total. The van der Waals surface area contributed by atoms with Crippen molar-refractivity contribution in [1.82, 2.24) is 29.8 Å². The van der Waals surface area contributed by atoms with Gasteiger partial charge in [0.05, 0.1) is 11.8 Å². The number of amides is 1. The fraction of sp³-hybridized carbons (Fsp3) is 0.478. The van der Waals surface area contributed by atoms with Crippen molar-refractivity contribution in [3.63, 3.8) is 0 Å². The molecule has 5 rings (SSSR count). The molecule has 0 spiro atoms. The second kappa shape index (κ2) is 8.86. The van der Waals surface area contributed by atoms with Gasteiger partial charge in [0, 0.05) is 51.1 Å². The highest BCUT2D eigenvalue weighted by Crippen LogP contribution is 2.34. The van der Waals surface area contributed by atoms with Gasteiger partial charge in [-0.25, -0.2) is 19.3 Å². The van der Waals surface area contributed by atoms with Crippen LogP contribution in [0.4, 0.5) is 10.6 Å². The summed E-state index contributed by atoms with van der Waals surface area (Å²) in [6, 6.07) is 5.72. The summed E-state index contributed by atoms with van der Waals surface area (Å²) in [4.78, 5) is 23.1. The number of pyridine rings is 1. The molecular weight excluding hydrogens is 422 g/mol. The van der Waals surface area contributed by atoms with Crippen molar-refractivity contribution in [2.75, 3.05) is 38.5 Å². The Labute approximate surface area is 192 Å². The van der Waals surface area contributed by atoms with E-state index in [1.54, 1.807) is 28.9 Å². The number of anilines is 1. The molecule has 1 atom stereocenters. The van der Waals surface area contributed by atoms with Crippen LogP contribution in [0.15, 0.2) is 36.8 Å². The molecule has 1 aliphatic heterocycles. The third-order valence-electron chi connectivity index (χ3n) is 5.96. The molecule has 2 aliphatic rings. The molecule has 1 saturated carbocycles. The van der Waals surface area contributed by atoms with Crippen molar-refractivity contribution in [3.8, 4) is 17.0 Å². The first-order valence-corrected chi connectivity index (χ1v) is 11.4. The molecule has 0 unspecified atom stereocenters. The SMILES string of the molecule is CN(CCNc1ccn2ncc(-c3cccnc3OC3CC3)c2n1)C(=O)O[C@]1(C)CCNC1. The Hall–Kier alpha value is -3.40. The van der Waals surface area contributed by atoms with Crippen LogP contribution in [0.25, 0.3) is 16.8 Å². The van der Waals surface area contributed by atoms with Gasteiger partial charge in [-0.05, 0) is 44.5 Å². The monoisotopic (exact) mass is 451 g/mol. The number of carbonyl (C=O) groups excluding carboxylic acids is 1. The number of likely N-dealkylation sites (N-methyl/N-ethyl adjacent to an activating group) is 1. The summed E-state index contributed by atoms with van der Waals surface area (Å²) in [6.07, 6.45) is 8.27. The lowest BCUT2D eigenvalue weighted by Crippen LogP contribution is -2.40. The number of hydrogen-bond acceptors (Lipinski definition) is 8. The van der Waals surface area contributed by atoms with Crippen molar-refractivity contribution >= 4 is 17.6 Å². The maximum atomic E-state index is 12.4. The van der Waals surface area contributed by atoms with Gasteiger partial charge in [-0.3, -0.25) is 0 Å². The molecule has 174 valence electrons. The summed E-state index contributed by atoms with van der Waals surface area (Å²) in [5.41, 5.74) is 2.02. The summed E-state index contributed by atoms with van der Waals surface area (Å²) >= 11 is 0. The third kappa shape index (κ3) is 4.85. The van der Waals surface area contributed by atoms with Crippen LogP contribution in [-0.4, -0.2) is 75.5 Å². The zero-order valence-corrected chi connectivity index (χ0v) is 19.0. The van der Waals surface area contributed by atoms with Gasteiger partial charge in [-0.15, -0.1) is 0 Å². The Balaban J connectivity index is 1.24. The maximum Gasteiger partial charge on any atom is 0.410 e. The predicted octanol–water partition coefficient (Wildman–Crippen LogP) is 2.56. The van der Waals surface area contributed by atoms with Gasteiger partial charge in [0.2, 0.25) is 5.88 Å². The van der Waals surface area contributed by atoms with Gasteiger partial charge in [-0.2, -0.15) is 5.10 Å². The van der Waals surface area contributed by atoms with Gasteiger partial charge in [0.25, 0.3) is 0 Å². The molecule has 10 heteroatoms. The largest absolute Gasteiger partial charge is 0.474 e. The molecule has 3 aromatic rings. The van der Waals surface area contributed by atoms with Crippen LogP contribution < -0.4 is 15.4 Å². The molecule has 2 fully saturated rings. The summed E-state index contributed by atoms with van der Waals surface area (Å²) in [5.74, 6) is 1.31. The number of aromatic nitrogens is 4. The van der Waals surface area contributed by atoms with Gasteiger partial charge in [0.1, 0.15) is 17.5 Å². The Morgan fingerprint density at radius 1 is 1.36 bits per heavy atom. The van der Waals surface area contributed by atoms with Crippen LogP contribution >= 0.6 is 0 Å². The van der Waals surface area contributed by atoms with Crippen molar-refractivity contribution in [1.29, 1.82) is 0 Å². The molecule has 0 bridgehead atoms. The van der Waals surface area contributed by atoms with E-state index in [0.717, 1.165) is 36.9 Å². The van der Waals surface area contributed by atoms with E-state index in [4.69, 9.17) is 14.5 Å². The van der Waals surface area contributed by atoms with Crippen molar-refractivity contribution < 1.29 is 14.3 Å². The fourth-order valence-corrected chi connectivity index (χ4v) is 3.80. The number of nitrogens with zero attached hydrogens (tertiary/aromatic N) is 5. The highest BCUT2D eigenvalue weighted by Gasteiger charge is 2.33. The summed E-state index contributed by atoms with van der Waals surface area (Å²) in [7, 11) is 1.74. The number of nitrogens with one attached hydrogen (secondary N) is 2. The Morgan fingerprint density at radius 2 is 2.24 bits per heavy atom. The molecule has 3 aromatic heterocycles. The number of carbonyl (C=O) groups is 1. The van der Waals surface area contributed by atoms with Crippen LogP contribution in [0.3, 0.4) is 0 Å². The summed E-state index contributed by atoms with van der Waals surface area (Å²) < 4.78 is 13.4. The number of hydrogen-bond donors (Lipinski definition) is 2. The van der Waals surface area contributed by atoms with E-state index in [9.17, 15) is 4.79 Å². The Bertz CT molecular complexity index is 1140. The molecule has 1 aliphatic carbocycles. The lowest BCUT2D eigenvalue weighted by Gasteiger charge is -2.27. The van der Waals surface area contributed by atoms with E-state index in [1.807, 2.05) is 31.3 Å². The number of rotatable bonds is 8. The predicted molar refractivity (Wildman–Crippen MR) is 123 cm³/mol. The van der Waals surface area contributed by atoms with Crippen LogP contribution in [0.5, 0.6) is 5.88 Å². The van der Waals surface area contributed by atoms with Gasteiger partial charge in [0.15, 0.2) is 5.65 Å². The van der Waals surface area contributed by atoms with E-state index in [2.05, 4.69) is 20.7 Å². The first kappa shape index (κ1) is 21.4. The van der Waals surface area contributed by atoms with Crippen molar-refractivity contribution in [3.05, 3.63) is 36.8 Å². The highest BCUT2D eigenvalue weighted by molar-refractivity contribution is 5.80. The van der Waals surface area contributed by atoms with E-state index in [0.29, 0.717) is 37.0 Å². The summed E-state index contributed by atoms with van der Waals surface area (Å²) in [6.45, 7) is 4.54. The van der Waals surface area contributed by atoms with Gasteiger partial charge in [-0.1, -0.05) is 0 Å². The van der Waals surface area contributed by atoms with Gasteiger partial charge < -0.3 is 25.0 Å². The van der Waals surface area contributed by atoms with Crippen LogP contribution in [0, 0.1) is 0 Å². The van der Waals surface area contributed by atoms with E-state index in [1.165, 1.54) is 0 Å². The molecule has 0 radical (unpaired) electrons. The molecule has 1 amide bonds. The fourth-order valence-electron chi connectivity index (χ4n) is 3.80. The molecular formula is C23H29N7O3. The van der Waals surface area contributed by atoms with Crippen molar-refractivity contribution in [2.24, 2.45) is 0 Å². The zero-order chi connectivity index (χ0) is 22.8. The Kier molecular flexibility index (Phi) is 5.76. The number of fused-ring (bicyclic) bond motifs is 1. The quantitative estimate of drug-likeness (QED) is 0.538. The second-order valence-corrected chi connectivity index (χ2v) is 8.91. The minimum Gasteiger partial charge on any atom is -0.474 e. The smallest absolute Gasteiger partial charge is 0.410 e. The lowest BCUT2D eigenvalue weighted by atomic mass is 10.1. The van der Waals surface area contributed by atoms with Crippen LogP contribution in [-0.2, 0) is 4.74 Å². The average molecular weight is 452 g/mol. The van der Waals surface area contributed by atoms with E-state index in [-0.39, 0.29) is 12.2 Å². The van der Waals surface area contributed by atoms with E-state index < -0.39 is 5.60 Å². The van der Waals surface area contributed by atoms with Gasteiger partial charge >= 0.3 is 6.09 Å². The first-order valence-electron chi connectivity index (χ1n) is 11.4. The molecule has 1 saturated heterocycles. The van der Waals surface area contributed by atoms with Crippen LogP contribution in [0.2, 0.25) is 0 Å². The minimum atomic E-state index is -0.432. The standard InChI is InChI=1S/C23H29N7O3/c1-23(8-10-24-15-23)33-22(31)29(2)13-11-25-19-7-12-30-20(28-19)18(14-27-30)17-4-3-9-26-21(17)32-16-5-6-16/h3-4,7,9,12,14,16,24H,5-6,8,10-11,13,15H2,1-2H3,(H,25,28)/t23-/m1/s1. The molecule has 0 aromatic carbocycles.